The van der Waals surface area contributed by atoms with E-state index in [0.29, 0.717) is 12.5 Å². The quantitative estimate of drug-likeness (QED) is 0.861. The van der Waals surface area contributed by atoms with Crippen LogP contribution in [-0.2, 0) is 6.54 Å². The molecule has 3 heteroatoms. The Morgan fingerprint density at radius 3 is 2.45 bits per heavy atom. The third kappa shape index (κ3) is 3.67. The molecule has 0 aliphatic heterocycles. The van der Waals surface area contributed by atoms with E-state index in [-0.39, 0.29) is 12.1 Å². The number of benzene rings is 2. The summed E-state index contributed by atoms with van der Waals surface area (Å²) >= 11 is 0. The summed E-state index contributed by atoms with van der Waals surface area (Å²) in [4.78, 5) is 12.2. The van der Waals surface area contributed by atoms with E-state index in [4.69, 9.17) is 0 Å². The van der Waals surface area contributed by atoms with E-state index in [0.717, 1.165) is 5.56 Å². The fraction of sp³-hybridized carbons (Fsp3) is 0.316. The number of urea groups is 1. The molecule has 2 N–H and O–H groups in total. The molecule has 2 aromatic carbocycles. The minimum Gasteiger partial charge on any atom is -0.334 e. The van der Waals surface area contributed by atoms with Crippen molar-refractivity contribution >= 4 is 6.03 Å². The van der Waals surface area contributed by atoms with Crippen LogP contribution in [0.2, 0.25) is 0 Å². The van der Waals surface area contributed by atoms with Crippen molar-refractivity contribution in [2.24, 2.45) is 5.92 Å². The highest BCUT2D eigenvalue weighted by Crippen LogP contribution is 2.40. The van der Waals surface area contributed by atoms with Crippen molar-refractivity contribution in [3.63, 3.8) is 0 Å². The molecule has 22 heavy (non-hydrogen) atoms. The summed E-state index contributed by atoms with van der Waals surface area (Å²) in [5.74, 6) is 0.576. The Balaban J connectivity index is 1.59. The zero-order valence-corrected chi connectivity index (χ0v) is 12.9. The highest BCUT2D eigenvalue weighted by molar-refractivity contribution is 5.74. The van der Waals surface area contributed by atoms with Crippen LogP contribution in [0.3, 0.4) is 0 Å². The molecule has 0 heterocycles. The second kappa shape index (κ2) is 6.65. The van der Waals surface area contributed by atoms with Gasteiger partial charge in [-0.05, 0) is 42.4 Å². The molecule has 0 aromatic heterocycles. The average Bonchev–Trinajstić information content (AvgIpc) is 3.37. The molecule has 1 aliphatic rings. The number of hydrogen-bond acceptors (Lipinski definition) is 1. The van der Waals surface area contributed by atoms with Gasteiger partial charge in [0.1, 0.15) is 0 Å². The molecule has 3 rings (SSSR count). The summed E-state index contributed by atoms with van der Waals surface area (Å²) in [5, 5.41) is 6.11. The van der Waals surface area contributed by atoms with Crippen LogP contribution in [-0.4, -0.2) is 6.03 Å². The van der Waals surface area contributed by atoms with Crippen LogP contribution in [0.1, 0.15) is 35.6 Å². The Morgan fingerprint density at radius 1 is 1.09 bits per heavy atom. The van der Waals surface area contributed by atoms with E-state index in [1.54, 1.807) is 0 Å². The molecule has 0 unspecified atom stereocenters. The Morgan fingerprint density at radius 2 is 1.77 bits per heavy atom. The van der Waals surface area contributed by atoms with Gasteiger partial charge < -0.3 is 10.6 Å². The molecule has 1 atom stereocenters. The lowest BCUT2D eigenvalue weighted by Gasteiger charge is -2.19. The van der Waals surface area contributed by atoms with Crippen LogP contribution < -0.4 is 10.6 Å². The zero-order valence-electron chi connectivity index (χ0n) is 12.9. The van der Waals surface area contributed by atoms with E-state index in [1.165, 1.54) is 24.0 Å². The van der Waals surface area contributed by atoms with Crippen LogP contribution in [0.4, 0.5) is 4.79 Å². The molecular formula is C19H22N2O. The van der Waals surface area contributed by atoms with Crippen LogP contribution in [0.25, 0.3) is 0 Å². The molecule has 2 aromatic rings. The fourth-order valence-corrected chi connectivity index (χ4v) is 2.74. The first-order valence-corrected chi connectivity index (χ1v) is 7.88. The number of nitrogens with one attached hydrogen (secondary N) is 2. The SMILES string of the molecule is Cc1ccccc1CNC(=O)N[C@@H](c1ccccc1)C1CC1. The smallest absolute Gasteiger partial charge is 0.315 e. The summed E-state index contributed by atoms with van der Waals surface area (Å²) in [5.41, 5.74) is 3.54. The van der Waals surface area contributed by atoms with E-state index < -0.39 is 0 Å². The van der Waals surface area contributed by atoms with Crippen molar-refractivity contribution in [2.75, 3.05) is 0 Å². The summed E-state index contributed by atoms with van der Waals surface area (Å²) in [7, 11) is 0. The van der Waals surface area contributed by atoms with Gasteiger partial charge in [0.2, 0.25) is 0 Å². The van der Waals surface area contributed by atoms with Crippen molar-refractivity contribution in [2.45, 2.75) is 32.4 Å². The first-order valence-electron chi connectivity index (χ1n) is 7.88. The second-order valence-electron chi connectivity index (χ2n) is 5.98. The number of amides is 2. The largest absolute Gasteiger partial charge is 0.334 e. The lowest BCUT2D eigenvalue weighted by atomic mass is 10.0. The van der Waals surface area contributed by atoms with Gasteiger partial charge in [0.05, 0.1) is 6.04 Å². The predicted octanol–water partition coefficient (Wildman–Crippen LogP) is 3.95. The molecule has 114 valence electrons. The third-order valence-corrected chi connectivity index (χ3v) is 4.24. The fourth-order valence-electron chi connectivity index (χ4n) is 2.74. The Labute approximate surface area is 131 Å². The monoisotopic (exact) mass is 294 g/mol. The number of carbonyl (C=O) groups is 1. The van der Waals surface area contributed by atoms with Gasteiger partial charge in [-0.25, -0.2) is 4.79 Å². The van der Waals surface area contributed by atoms with Gasteiger partial charge in [-0.1, -0.05) is 54.6 Å². The maximum atomic E-state index is 12.2. The summed E-state index contributed by atoms with van der Waals surface area (Å²) < 4.78 is 0. The molecule has 0 radical (unpaired) electrons. The first kappa shape index (κ1) is 14.6. The van der Waals surface area contributed by atoms with Crippen LogP contribution in [0.15, 0.2) is 54.6 Å². The third-order valence-electron chi connectivity index (χ3n) is 4.24. The Hall–Kier alpha value is -2.29. The molecule has 1 saturated carbocycles. The van der Waals surface area contributed by atoms with E-state index in [9.17, 15) is 4.79 Å². The van der Waals surface area contributed by atoms with Gasteiger partial charge in [0, 0.05) is 6.54 Å². The topological polar surface area (TPSA) is 41.1 Å². The van der Waals surface area contributed by atoms with Gasteiger partial charge in [-0.2, -0.15) is 0 Å². The van der Waals surface area contributed by atoms with E-state index >= 15 is 0 Å². The number of rotatable bonds is 5. The van der Waals surface area contributed by atoms with Crippen molar-refractivity contribution in [3.8, 4) is 0 Å². The molecule has 0 bridgehead atoms. The lowest BCUT2D eigenvalue weighted by molar-refractivity contribution is 0.235. The molecule has 1 aliphatic carbocycles. The standard InChI is InChI=1S/C19H22N2O/c1-14-7-5-6-10-17(14)13-20-19(22)21-18(16-11-12-16)15-8-3-2-4-9-15/h2-10,16,18H,11-13H2,1H3,(H2,20,21,22)/t18-/m0/s1. The molecular weight excluding hydrogens is 272 g/mol. The number of aryl methyl sites for hydroxylation is 1. The Bertz CT molecular complexity index is 635. The van der Waals surface area contributed by atoms with E-state index in [1.807, 2.05) is 36.4 Å². The van der Waals surface area contributed by atoms with Crippen LogP contribution in [0.5, 0.6) is 0 Å². The van der Waals surface area contributed by atoms with Crippen LogP contribution in [0, 0.1) is 12.8 Å². The Kier molecular flexibility index (Phi) is 4.42. The molecule has 0 spiro atoms. The first-order chi connectivity index (χ1) is 10.7. The summed E-state index contributed by atoms with van der Waals surface area (Å²) in [6, 6.07) is 18.4. The van der Waals surface area contributed by atoms with Gasteiger partial charge in [0.25, 0.3) is 0 Å². The molecule has 3 nitrogen and oxygen atoms in total. The number of carbonyl (C=O) groups excluding carboxylic acids is 1. The zero-order chi connectivity index (χ0) is 15.4. The number of hydrogen-bond donors (Lipinski definition) is 2. The second-order valence-corrected chi connectivity index (χ2v) is 5.98. The minimum atomic E-state index is -0.0935. The van der Waals surface area contributed by atoms with Gasteiger partial charge in [-0.3, -0.25) is 0 Å². The molecule has 2 amide bonds. The van der Waals surface area contributed by atoms with Gasteiger partial charge >= 0.3 is 6.03 Å². The maximum absolute atomic E-state index is 12.2. The minimum absolute atomic E-state index is 0.0935. The summed E-state index contributed by atoms with van der Waals surface area (Å²) in [6.07, 6.45) is 2.38. The normalized spacial score (nSPS) is 15.1. The highest BCUT2D eigenvalue weighted by atomic mass is 16.2. The molecule has 1 fully saturated rings. The molecule has 0 saturated heterocycles. The van der Waals surface area contributed by atoms with Crippen molar-refractivity contribution in [3.05, 3.63) is 71.3 Å². The van der Waals surface area contributed by atoms with Gasteiger partial charge in [0.15, 0.2) is 0 Å². The highest BCUT2D eigenvalue weighted by Gasteiger charge is 2.33. The van der Waals surface area contributed by atoms with Crippen molar-refractivity contribution in [1.82, 2.24) is 10.6 Å². The van der Waals surface area contributed by atoms with Crippen molar-refractivity contribution in [1.29, 1.82) is 0 Å². The average molecular weight is 294 g/mol. The lowest BCUT2D eigenvalue weighted by Crippen LogP contribution is -2.38. The summed E-state index contributed by atoms with van der Waals surface area (Å²) in [6.45, 7) is 2.62. The van der Waals surface area contributed by atoms with E-state index in [2.05, 4.69) is 35.8 Å². The predicted molar refractivity (Wildman–Crippen MR) is 88.5 cm³/mol. The maximum Gasteiger partial charge on any atom is 0.315 e. The van der Waals surface area contributed by atoms with Crippen molar-refractivity contribution < 1.29 is 4.79 Å². The van der Waals surface area contributed by atoms with Gasteiger partial charge in [-0.15, -0.1) is 0 Å². The van der Waals surface area contributed by atoms with Crippen LogP contribution >= 0.6 is 0 Å².